The van der Waals surface area contributed by atoms with Crippen LogP contribution in [0.1, 0.15) is 13.8 Å². The third kappa shape index (κ3) is 1.76. The van der Waals surface area contributed by atoms with Crippen molar-refractivity contribution in [2.24, 2.45) is 0 Å². The summed E-state index contributed by atoms with van der Waals surface area (Å²) in [5.41, 5.74) is 0.954. The van der Waals surface area contributed by atoms with E-state index >= 15 is 0 Å². The highest BCUT2D eigenvalue weighted by Gasteiger charge is 2.07. The van der Waals surface area contributed by atoms with Gasteiger partial charge in [-0.1, -0.05) is 18.2 Å². The van der Waals surface area contributed by atoms with Gasteiger partial charge in [-0.3, -0.25) is 4.90 Å². The minimum Gasteiger partial charge on any atom is -0.277 e. The second-order valence-corrected chi connectivity index (χ2v) is 2.90. The largest absolute Gasteiger partial charge is 0.277 e. The van der Waals surface area contributed by atoms with Crippen molar-refractivity contribution in [3.05, 3.63) is 30.3 Å². The van der Waals surface area contributed by atoms with Crippen molar-refractivity contribution >= 4 is 5.69 Å². The second-order valence-electron chi connectivity index (χ2n) is 2.90. The predicted octanol–water partition coefficient (Wildman–Crippen LogP) is 2.38. The Kier molecular flexibility index (Phi) is 2.71. The first-order valence-corrected chi connectivity index (χ1v) is 3.99. The summed E-state index contributed by atoms with van der Waals surface area (Å²) in [5.74, 6) is 0. The second kappa shape index (κ2) is 3.77. The zero-order chi connectivity index (χ0) is 8.97. The number of rotatable bonds is 2. The Balaban J connectivity index is 2.90. The van der Waals surface area contributed by atoms with Crippen LogP contribution < -0.4 is 4.90 Å². The number of para-hydroxylation sites is 1. The molecule has 2 heteroatoms. The van der Waals surface area contributed by atoms with E-state index in [9.17, 15) is 0 Å². The number of nitrogens with zero attached hydrogens (tertiary/aromatic N) is 2. The summed E-state index contributed by atoms with van der Waals surface area (Å²) in [6.07, 6.45) is 2.15. The monoisotopic (exact) mass is 160 g/mol. The van der Waals surface area contributed by atoms with Gasteiger partial charge in [-0.2, -0.15) is 5.26 Å². The van der Waals surface area contributed by atoms with E-state index in [4.69, 9.17) is 5.26 Å². The van der Waals surface area contributed by atoms with Crippen LogP contribution in [0.4, 0.5) is 5.69 Å². The number of anilines is 1. The van der Waals surface area contributed by atoms with Gasteiger partial charge >= 0.3 is 0 Å². The van der Waals surface area contributed by atoms with Crippen LogP contribution >= 0.6 is 0 Å². The Morgan fingerprint density at radius 3 is 2.25 bits per heavy atom. The molecule has 0 saturated heterocycles. The molecule has 0 spiro atoms. The van der Waals surface area contributed by atoms with Crippen molar-refractivity contribution in [2.75, 3.05) is 4.90 Å². The van der Waals surface area contributed by atoms with Gasteiger partial charge in [-0.25, -0.2) is 0 Å². The van der Waals surface area contributed by atoms with E-state index in [0.29, 0.717) is 0 Å². The molecule has 0 amide bonds. The van der Waals surface area contributed by atoms with Crippen molar-refractivity contribution in [1.29, 1.82) is 5.26 Å². The van der Waals surface area contributed by atoms with Crippen LogP contribution in [0.25, 0.3) is 0 Å². The lowest BCUT2D eigenvalue weighted by molar-refractivity contribution is 0.791. The predicted molar refractivity (Wildman–Crippen MR) is 49.7 cm³/mol. The van der Waals surface area contributed by atoms with Gasteiger partial charge < -0.3 is 0 Å². The summed E-state index contributed by atoms with van der Waals surface area (Å²) in [7, 11) is 0. The maximum absolute atomic E-state index is 8.83. The van der Waals surface area contributed by atoms with Gasteiger partial charge in [0, 0.05) is 6.04 Å². The SMILES string of the molecule is CC(C)N(C#N)c1ccccc1. The first-order valence-electron chi connectivity index (χ1n) is 3.99. The van der Waals surface area contributed by atoms with Gasteiger partial charge in [0.1, 0.15) is 0 Å². The van der Waals surface area contributed by atoms with Crippen LogP contribution in [-0.4, -0.2) is 6.04 Å². The fraction of sp³-hybridized carbons (Fsp3) is 0.300. The standard InChI is InChI=1S/C10H12N2/c1-9(2)12(8-11)10-6-4-3-5-7-10/h3-7,9H,1-2H3. The van der Waals surface area contributed by atoms with Gasteiger partial charge in [-0.05, 0) is 26.0 Å². The minimum absolute atomic E-state index is 0.220. The topological polar surface area (TPSA) is 27.0 Å². The zero-order valence-electron chi connectivity index (χ0n) is 7.36. The van der Waals surface area contributed by atoms with Gasteiger partial charge in [0.05, 0.1) is 5.69 Å². The molecule has 0 radical (unpaired) electrons. The normalized spacial score (nSPS) is 9.50. The van der Waals surface area contributed by atoms with E-state index in [2.05, 4.69) is 6.19 Å². The third-order valence-corrected chi connectivity index (χ3v) is 1.66. The van der Waals surface area contributed by atoms with E-state index in [1.807, 2.05) is 44.2 Å². The first kappa shape index (κ1) is 8.61. The maximum atomic E-state index is 8.83. The average molecular weight is 160 g/mol. The van der Waals surface area contributed by atoms with Crippen LogP contribution in [0.15, 0.2) is 30.3 Å². The molecule has 0 unspecified atom stereocenters. The Bertz CT molecular complexity index is 272. The lowest BCUT2D eigenvalue weighted by Gasteiger charge is -2.19. The number of hydrogen-bond donors (Lipinski definition) is 0. The van der Waals surface area contributed by atoms with Crippen molar-refractivity contribution in [3.63, 3.8) is 0 Å². The highest BCUT2D eigenvalue weighted by molar-refractivity contribution is 5.50. The molecule has 0 aromatic heterocycles. The van der Waals surface area contributed by atoms with Crippen molar-refractivity contribution in [3.8, 4) is 6.19 Å². The number of benzene rings is 1. The van der Waals surface area contributed by atoms with Gasteiger partial charge in [0.15, 0.2) is 6.19 Å². The minimum atomic E-state index is 0.220. The smallest absolute Gasteiger partial charge is 0.184 e. The molecule has 0 aliphatic rings. The van der Waals surface area contributed by atoms with Crippen molar-refractivity contribution in [2.45, 2.75) is 19.9 Å². The molecule has 1 rings (SSSR count). The molecule has 0 N–H and O–H groups in total. The number of hydrogen-bond acceptors (Lipinski definition) is 2. The van der Waals surface area contributed by atoms with Crippen LogP contribution in [-0.2, 0) is 0 Å². The summed E-state index contributed by atoms with van der Waals surface area (Å²) in [4.78, 5) is 1.68. The van der Waals surface area contributed by atoms with Crippen molar-refractivity contribution in [1.82, 2.24) is 0 Å². The lowest BCUT2D eigenvalue weighted by atomic mass is 10.2. The van der Waals surface area contributed by atoms with Crippen LogP contribution in [0.5, 0.6) is 0 Å². The van der Waals surface area contributed by atoms with E-state index in [0.717, 1.165) is 5.69 Å². The summed E-state index contributed by atoms with van der Waals surface area (Å²) in [6, 6.07) is 9.90. The molecule has 1 aromatic carbocycles. The molecule has 2 nitrogen and oxygen atoms in total. The Labute approximate surface area is 73.0 Å². The molecular formula is C10H12N2. The van der Waals surface area contributed by atoms with E-state index in [1.165, 1.54) is 0 Å². The van der Waals surface area contributed by atoms with Gasteiger partial charge in [0.25, 0.3) is 0 Å². The Morgan fingerprint density at radius 2 is 1.83 bits per heavy atom. The lowest BCUT2D eigenvalue weighted by Crippen LogP contribution is -2.24. The molecule has 0 saturated carbocycles. The highest BCUT2D eigenvalue weighted by Crippen LogP contribution is 2.14. The molecule has 62 valence electrons. The molecule has 0 aliphatic carbocycles. The fourth-order valence-electron chi connectivity index (χ4n) is 1.06. The summed E-state index contributed by atoms with van der Waals surface area (Å²) >= 11 is 0. The average Bonchev–Trinajstić information content (AvgIpc) is 2.07. The molecule has 0 fully saturated rings. The van der Waals surface area contributed by atoms with E-state index in [-0.39, 0.29) is 6.04 Å². The van der Waals surface area contributed by atoms with Gasteiger partial charge in [0.2, 0.25) is 0 Å². The molecular weight excluding hydrogens is 148 g/mol. The summed E-state index contributed by atoms with van der Waals surface area (Å²) < 4.78 is 0. The third-order valence-electron chi connectivity index (χ3n) is 1.66. The van der Waals surface area contributed by atoms with Crippen LogP contribution in [0.3, 0.4) is 0 Å². The molecule has 12 heavy (non-hydrogen) atoms. The summed E-state index contributed by atoms with van der Waals surface area (Å²) in [5, 5.41) is 8.83. The Hall–Kier alpha value is -1.49. The van der Waals surface area contributed by atoms with Gasteiger partial charge in [-0.15, -0.1) is 0 Å². The molecule has 0 heterocycles. The Morgan fingerprint density at radius 1 is 1.25 bits per heavy atom. The fourth-order valence-corrected chi connectivity index (χ4v) is 1.06. The van der Waals surface area contributed by atoms with Crippen molar-refractivity contribution < 1.29 is 0 Å². The van der Waals surface area contributed by atoms with Crippen LogP contribution in [0, 0.1) is 11.5 Å². The van der Waals surface area contributed by atoms with E-state index in [1.54, 1.807) is 4.90 Å². The van der Waals surface area contributed by atoms with E-state index < -0.39 is 0 Å². The zero-order valence-corrected chi connectivity index (χ0v) is 7.36. The molecule has 1 aromatic rings. The molecule has 0 bridgehead atoms. The summed E-state index contributed by atoms with van der Waals surface area (Å²) in [6.45, 7) is 3.99. The van der Waals surface area contributed by atoms with Crippen LogP contribution in [0.2, 0.25) is 0 Å². The molecule has 0 aliphatic heterocycles. The highest BCUT2D eigenvalue weighted by atomic mass is 15.1. The number of nitriles is 1. The first-order chi connectivity index (χ1) is 5.75. The quantitative estimate of drug-likeness (QED) is 0.490. The maximum Gasteiger partial charge on any atom is 0.184 e. The molecule has 0 atom stereocenters.